The number of hydrogen-bond donors (Lipinski definition) is 2. The fraction of sp³-hybridized carbons (Fsp3) is 0.696. The molecule has 0 aromatic heterocycles. The van der Waals surface area contributed by atoms with Crippen LogP contribution in [-0.4, -0.2) is 64.9 Å². The molecule has 2 N–H and O–H groups in total. The third kappa shape index (κ3) is 8.13. The Balaban J connectivity index is 1.62. The summed E-state index contributed by atoms with van der Waals surface area (Å²) in [5.74, 6) is 4.07. The molecule has 2 unspecified atom stereocenters. The molecule has 0 amide bonds. The van der Waals surface area contributed by atoms with Crippen LogP contribution in [0.15, 0.2) is 23.2 Å². The first kappa shape index (κ1) is 23.3. The second kappa shape index (κ2) is 12.6. The summed E-state index contributed by atoms with van der Waals surface area (Å²) in [5, 5.41) is 6.82. The van der Waals surface area contributed by atoms with Crippen molar-refractivity contribution in [3.63, 3.8) is 0 Å². The summed E-state index contributed by atoms with van der Waals surface area (Å²) < 4.78 is 10.7. The van der Waals surface area contributed by atoms with Crippen LogP contribution in [-0.2, 0) is 6.42 Å². The van der Waals surface area contributed by atoms with Crippen LogP contribution < -0.4 is 20.1 Å². The summed E-state index contributed by atoms with van der Waals surface area (Å²) in [6.07, 6.45) is 4.67. The topological polar surface area (TPSA) is 58.1 Å². The first-order valence-electron chi connectivity index (χ1n) is 10.9. The van der Waals surface area contributed by atoms with E-state index in [1.807, 2.05) is 19.2 Å². The van der Waals surface area contributed by atoms with Crippen molar-refractivity contribution in [1.29, 1.82) is 0 Å². The molecule has 6 heteroatoms. The first-order valence-corrected chi connectivity index (χ1v) is 10.9. The van der Waals surface area contributed by atoms with Crippen molar-refractivity contribution in [2.24, 2.45) is 16.8 Å². The van der Waals surface area contributed by atoms with Gasteiger partial charge in [0.15, 0.2) is 17.5 Å². The molecule has 1 fully saturated rings. The average Bonchev–Trinajstić information content (AvgIpc) is 2.71. The molecule has 6 nitrogen and oxygen atoms in total. The summed E-state index contributed by atoms with van der Waals surface area (Å²) in [6.45, 7) is 10.3. The van der Waals surface area contributed by atoms with E-state index in [4.69, 9.17) is 9.47 Å². The average molecular weight is 405 g/mol. The van der Waals surface area contributed by atoms with Gasteiger partial charge in [-0.25, -0.2) is 0 Å². The van der Waals surface area contributed by atoms with Crippen molar-refractivity contribution in [3.8, 4) is 11.5 Å². The Hall–Kier alpha value is -1.95. The zero-order chi connectivity index (χ0) is 21.1. The molecule has 2 rings (SSSR count). The van der Waals surface area contributed by atoms with Crippen molar-refractivity contribution in [1.82, 2.24) is 15.5 Å². The van der Waals surface area contributed by atoms with Gasteiger partial charge in [-0.3, -0.25) is 4.99 Å². The van der Waals surface area contributed by atoms with E-state index in [0.29, 0.717) is 0 Å². The lowest BCUT2D eigenvalue weighted by Gasteiger charge is -2.34. The van der Waals surface area contributed by atoms with Crippen molar-refractivity contribution in [3.05, 3.63) is 23.8 Å². The highest BCUT2D eigenvalue weighted by atomic mass is 16.5. The van der Waals surface area contributed by atoms with Crippen LogP contribution in [0.1, 0.15) is 38.7 Å². The van der Waals surface area contributed by atoms with Crippen LogP contribution in [0.25, 0.3) is 0 Å². The molecule has 2 atom stereocenters. The highest BCUT2D eigenvalue weighted by Gasteiger charge is 2.20. The Morgan fingerprint density at radius 2 is 1.72 bits per heavy atom. The van der Waals surface area contributed by atoms with Crippen molar-refractivity contribution in [2.75, 3.05) is 54.0 Å². The first-order chi connectivity index (χ1) is 14.0. The van der Waals surface area contributed by atoms with Gasteiger partial charge in [0, 0.05) is 33.2 Å². The Kier molecular flexibility index (Phi) is 10.1. The normalized spacial score (nSPS) is 20.4. The number of guanidine groups is 1. The number of methoxy groups -OCH3 is 2. The maximum Gasteiger partial charge on any atom is 0.190 e. The molecule has 1 aliphatic rings. The number of rotatable bonds is 10. The van der Waals surface area contributed by atoms with E-state index in [0.717, 1.165) is 55.2 Å². The van der Waals surface area contributed by atoms with Gasteiger partial charge in [-0.15, -0.1) is 0 Å². The second-order valence-electron chi connectivity index (χ2n) is 8.28. The second-order valence-corrected chi connectivity index (χ2v) is 8.28. The molecule has 29 heavy (non-hydrogen) atoms. The van der Waals surface area contributed by atoms with Gasteiger partial charge in [-0.05, 0) is 61.8 Å². The lowest BCUT2D eigenvalue weighted by Crippen LogP contribution is -2.40. The summed E-state index contributed by atoms with van der Waals surface area (Å²) in [5.41, 5.74) is 1.20. The maximum atomic E-state index is 5.37. The van der Waals surface area contributed by atoms with E-state index in [2.05, 4.69) is 40.4 Å². The number of unbranched alkanes of at least 4 members (excludes halogenated alkanes) is 1. The van der Waals surface area contributed by atoms with Crippen molar-refractivity contribution < 1.29 is 9.47 Å². The molecule has 1 aliphatic heterocycles. The van der Waals surface area contributed by atoms with Crippen LogP contribution in [0.4, 0.5) is 0 Å². The van der Waals surface area contributed by atoms with Crippen LogP contribution >= 0.6 is 0 Å². The van der Waals surface area contributed by atoms with E-state index in [9.17, 15) is 0 Å². The third-order valence-electron chi connectivity index (χ3n) is 5.52. The van der Waals surface area contributed by atoms with Gasteiger partial charge in [0.1, 0.15) is 0 Å². The number of hydrogen-bond acceptors (Lipinski definition) is 4. The Morgan fingerprint density at radius 1 is 1.03 bits per heavy atom. The molecule has 0 bridgehead atoms. The van der Waals surface area contributed by atoms with Gasteiger partial charge < -0.3 is 25.0 Å². The van der Waals surface area contributed by atoms with Crippen LogP contribution in [0, 0.1) is 11.8 Å². The maximum absolute atomic E-state index is 5.37. The van der Waals surface area contributed by atoms with Crippen molar-refractivity contribution in [2.45, 2.75) is 39.5 Å². The van der Waals surface area contributed by atoms with E-state index < -0.39 is 0 Å². The molecular formula is C23H40N4O2. The Bertz CT molecular complexity index is 625. The lowest BCUT2D eigenvalue weighted by atomic mass is 9.92. The minimum absolute atomic E-state index is 0.759. The summed E-state index contributed by atoms with van der Waals surface area (Å²) in [4.78, 5) is 6.96. The molecular weight excluding hydrogens is 364 g/mol. The molecule has 1 saturated heterocycles. The molecule has 1 aromatic carbocycles. The minimum Gasteiger partial charge on any atom is -0.493 e. The highest BCUT2D eigenvalue weighted by Crippen LogP contribution is 2.27. The zero-order valence-electron chi connectivity index (χ0n) is 19.0. The standard InChI is InChI=1S/C23H40N4O2/c1-18-14-19(2)17-27(16-18)13-7-6-11-25-23(24-3)26-12-10-20-8-9-21(28-4)22(15-20)29-5/h8-9,15,18-19H,6-7,10-14,16-17H2,1-5H3,(H2,24,25,26). The lowest BCUT2D eigenvalue weighted by molar-refractivity contribution is 0.139. The Morgan fingerprint density at radius 3 is 2.38 bits per heavy atom. The quantitative estimate of drug-likeness (QED) is 0.356. The van der Waals surface area contributed by atoms with Gasteiger partial charge >= 0.3 is 0 Å². The fourth-order valence-corrected chi connectivity index (χ4v) is 4.22. The molecule has 1 heterocycles. The van der Waals surface area contributed by atoms with Gasteiger partial charge in [-0.1, -0.05) is 19.9 Å². The molecule has 1 aromatic rings. The molecule has 0 aliphatic carbocycles. The van der Waals surface area contributed by atoms with E-state index in [-0.39, 0.29) is 0 Å². The van der Waals surface area contributed by atoms with Gasteiger partial charge in [0.25, 0.3) is 0 Å². The third-order valence-corrected chi connectivity index (χ3v) is 5.52. The predicted molar refractivity (Wildman–Crippen MR) is 121 cm³/mol. The SMILES string of the molecule is CN=C(NCCCCN1CC(C)CC(C)C1)NCCc1ccc(OC)c(OC)c1. The Labute approximate surface area is 177 Å². The van der Waals surface area contributed by atoms with Gasteiger partial charge in [0.2, 0.25) is 0 Å². The monoisotopic (exact) mass is 404 g/mol. The summed E-state index contributed by atoms with van der Waals surface area (Å²) >= 11 is 0. The number of piperidine rings is 1. The molecule has 164 valence electrons. The number of nitrogens with one attached hydrogen (secondary N) is 2. The molecule has 0 spiro atoms. The van der Waals surface area contributed by atoms with E-state index >= 15 is 0 Å². The summed E-state index contributed by atoms with van der Waals surface area (Å²) in [6, 6.07) is 6.05. The molecule has 0 saturated carbocycles. The number of aliphatic imine (C=N–C) groups is 1. The minimum atomic E-state index is 0.759. The largest absolute Gasteiger partial charge is 0.493 e. The van der Waals surface area contributed by atoms with Crippen LogP contribution in [0.5, 0.6) is 11.5 Å². The fourth-order valence-electron chi connectivity index (χ4n) is 4.22. The zero-order valence-corrected chi connectivity index (χ0v) is 19.0. The van der Waals surface area contributed by atoms with Crippen LogP contribution in [0.2, 0.25) is 0 Å². The molecule has 0 radical (unpaired) electrons. The number of likely N-dealkylation sites (tertiary alicyclic amines) is 1. The van der Waals surface area contributed by atoms with Gasteiger partial charge in [0.05, 0.1) is 14.2 Å². The summed E-state index contributed by atoms with van der Waals surface area (Å²) in [7, 11) is 5.14. The predicted octanol–water partition coefficient (Wildman–Crippen LogP) is 3.17. The highest BCUT2D eigenvalue weighted by molar-refractivity contribution is 5.79. The van der Waals surface area contributed by atoms with Gasteiger partial charge in [-0.2, -0.15) is 0 Å². The van der Waals surface area contributed by atoms with Crippen molar-refractivity contribution >= 4 is 5.96 Å². The number of nitrogens with zero attached hydrogens (tertiary/aromatic N) is 2. The smallest absolute Gasteiger partial charge is 0.190 e. The van der Waals surface area contributed by atoms with E-state index in [1.165, 1.54) is 38.0 Å². The van der Waals surface area contributed by atoms with E-state index in [1.54, 1.807) is 14.2 Å². The number of benzene rings is 1. The van der Waals surface area contributed by atoms with Crippen LogP contribution in [0.3, 0.4) is 0 Å². The number of ether oxygens (including phenoxy) is 2.